The molecule has 3 rings (SSSR count). The molecule has 7 heteroatoms. The summed E-state index contributed by atoms with van der Waals surface area (Å²) in [5.74, 6) is 1.27. The first-order valence-electron chi connectivity index (χ1n) is 9.15. The van der Waals surface area contributed by atoms with Gasteiger partial charge in [-0.15, -0.1) is 11.3 Å². The molecule has 0 unspecified atom stereocenters. The second-order valence-corrected chi connectivity index (χ2v) is 7.54. The van der Waals surface area contributed by atoms with Crippen molar-refractivity contribution in [2.24, 2.45) is 0 Å². The highest BCUT2D eigenvalue weighted by molar-refractivity contribution is 7.12. The fraction of sp³-hybridized carbons (Fsp3) is 0.227. The molecule has 3 N–H and O–H groups in total. The topological polar surface area (TPSA) is 79.8 Å². The van der Waals surface area contributed by atoms with Crippen LogP contribution >= 0.6 is 11.3 Å². The molecular weight excluding hydrogens is 388 g/mol. The zero-order chi connectivity index (χ0) is 20.6. The van der Waals surface area contributed by atoms with E-state index in [-0.39, 0.29) is 6.03 Å². The zero-order valence-corrected chi connectivity index (χ0v) is 17.2. The van der Waals surface area contributed by atoms with E-state index in [0.717, 1.165) is 20.9 Å². The van der Waals surface area contributed by atoms with Crippen LogP contribution in [0.2, 0.25) is 0 Å². The molecule has 152 valence electrons. The predicted octanol–water partition coefficient (Wildman–Crippen LogP) is 3.85. The Morgan fingerprint density at radius 1 is 0.966 bits per heavy atom. The molecule has 1 heterocycles. The average molecular weight is 413 g/mol. The summed E-state index contributed by atoms with van der Waals surface area (Å²) < 4.78 is 10.5. The van der Waals surface area contributed by atoms with Gasteiger partial charge < -0.3 is 25.2 Å². The van der Waals surface area contributed by atoms with Crippen molar-refractivity contribution in [2.75, 3.05) is 14.2 Å². The molecular formula is C22H24N2O4S. The van der Waals surface area contributed by atoms with Gasteiger partial charge in [0, 0.05) is 16.3 Å². The van der Waals surface area contributed by atoms with Crippen molar-refractivity contribution in [2.45, 2.75) is 19.2 Å². The van der Waals surface area contributed by atoms with E-state index >= 15 is 0 Å². The maximum atomic E-state index is 12.1. The van der Waals surface area contributed by atoms with Gasteiger partial charge in [0.25, 0.3) is 0 Å². The lowest BCUT2D eigenvalue weighted by molar-refractivity contribution is 0.224. The predicted molar refractivity (Wildman–Crippen MR) is 113 cm³/mol. The van der Waals surface area contributed by atoms with E-state index in [2.05, 4.69) is 10.6 Å². The lowest BCUT2D eigenvalue weighted by Crippen LogP contribution is -2.34. The Kier molecular flexibility index (Phi) is 7.10. The minimum absolute atomic E-state index is 0.265. The van der Waals surface area contributed by atoms with Crippen molar-refractivity contribution in [3.8, 4) is 11.5 Å². The minimum Gasteiger partial charge on any atom is -0.493 e. The summed E-state index contributed by atoms with van der Waals surface area (Å²) >= 11 is 1.48. The van der Waals surface area contributed by atoms with E-state index in [1.807, 2.05) is 54.6 Å². The van der Waals surface area contributed by atoms with E-state index in [1.54, 1.807) is 20.3 Å². The molecule has 1 aromatic heterocycles. The van der Waals surface area contributed by atoms with E-state index in [1.165, 1.54) is 11.3 Å². The molecule has 3 aromatic rings. The first-order chi connectivity index (χ1) is 14.1. The fourth-order valence-corrected chi connectivity index (χ4v) is 3.81. The molecule has 0 radical (unpaired) electrons. The summed E-state index contributed by atoms with van der Waals surface area (Å²) in [5.41, 5.74) is 1.75. The number of aliphatic hydroxyl groups is 1. The number of urea groups is 1. The Morgan fingerprint density at radius 3 is 2.41 bits per heavy atom. The van der Waals surface area contributed by atoms with Gasteiger partial charge in [0.2, 0.25) is 0 Å². The van der Waals surface area contributed by atoms with E-state index in [0.29, 0.717) is 24.6 Å². The molecule has 0 fully saturated rings. The molecule has 6 nitrogen and oxygen atoms in total. The highest BCUT2D eigenvalue weighted by Gasteiger charge is 2.13. The molecule has 0 aliphatic carbocycles. The Bertz CT molecular complexity index is 943. The maximum Gasteiger partial charge on any atom is 0.315 e. The number of methoxy groups -OCH3 is 2. The third-order valence-corrected chi connectivity index (χ3v) is 5.53. The number of amides is 2. The number of nitrogens with one attached hydrogen (secondary N) is 2. The molecule has 2 amide bonds. The van der Waals surface area contributed by atoms with Crippen molar-refractivity contribution in [1.82, 2.24) is 10.6 Å². The lowest BCUT2D eigenvalue weighted by atomic mass is 10.1. The molecule has 0 spiro atoms. The zero-order valence-electron chi connectivity index (χ0n) is 16.3. The molecule has 1 atom stereocenters. The molecule has 0 aliphatic heterocycles. The number of benzene rings is 2. The molecule has 2 aromatic carbocycles. The Labute approximate surface area is 174 Å². The van der Waals surface area contributed by atoms with E-state index in [4.69, 9.17) is 9.47 Å². The van der Waals surface area contributed by atoms with Gasteiger partial charge in [0.05, 0.1) is 20.8 Å². The standard InChI is InChI=1S/C22H24N2O4S/c1-27-18-10-8-15(12-19(18)28-2)13-23-22(26)24-14-17-9-11-20(29-17)21(25)16-6-4-3-5-7-16/h3-12,21,25H,13-14H2,1-2H3,(H2,23,24,26)/t21-/m0/s1. The molecule has 29 heavy (non-hydrogen) atoms. The SMILES string of the molecule is COc1ccc(CNC(=O)NCc2ccc([C@@H](O)c3ccccc3)s2)cc1OC. The van der Waals surface area contributed by atoms with Gasteiger partial charge in [-0.1, -0.05) is 36.4 Å². The normalized spacial score (nSPS) is 11.6. The van der Waals surface area contributed by atoms with Crippen molar-refractivity contribution in [3.05, 3.63) is 81.5 Å². The van der Waals surface area contributed by atoms with Crippen LogP contribution in [0.15, 0.2) is 60.7 Å². The van der Waals surface area contributed by atoms with Crippen LogP contribution in [0.1, 0.15) is 27.0 Å². The highest BCUT2D eigenvalue weighted by atomic mass is 32.1. The lowest BCUT2D eigenvalue weighted by Gasteiger charge is -2.11. The number of thiophene rings is 1. The number of aliphatic hydroxyl groups excluding tert-OH is 1. The van der Waals surface area contributed by atoms with Gasteiger partial charge in [0.1, 0.15) is 6.10 Å². The van der Waals surface area contributed by atoms with Crippen LogP contribution in [0, 0.1) is 0 Å². The molecule has 0 saturated heterocycles. The summed E-state index contributed by atoms with van der Waals surface area (Å²) in [6, 6.07) is 18.6. The van der Waals surface area contributed by atoms with E-state index < -0.39 is 6.10 Å². The summed E-state index contributed by atoms with van der Waals surface area (Å²) in [6.45, 7) is 0.762. The first-order valence-corrected chi connectivity index (χ1v) is 9.96. The molecule has 0 saturated carbocycles. The van der Waals surface area contributed by atoms with Crippen LogP contribution < -0.4 is 20.1 Å². The Morgan fingerprint density at radius 2 is 1.69 bits per heavy atom. The highest BCUT2D eigenvalue weighted by Crippen LogP contribution is 2.29. The van der Waals surface area contributed by atoms with Crippen molar-refractivity contribution >= 4 is 17.4 Å². The fourth-order valence-electron chi connectivity index (χ4n) is 2.84. The second kappa shape index (κ2) is 9.95. The van der Waals surface area contributed by atoms with Gasteiger partial charge in [0.15, 0.2) is 11.5 Å². The van der Waals surface area contributed by atoms with Gasteiger partial charge in [-0.25, -0.2) is 4.79 Å². The third-order valence-electron chi connectivity index (χ3n) is 4.39. The van der Waals surface area contributed by atoms with Crippen LogP contribution in [0.5, 0.6) is 11.5 Å². The number of hydrogen-bond acceptors (Lipinski definition) is 5. The summed E-state index contributed by atoms with van der Waals surface area (Å²) in [7, 11) is 3.16. The van der Waals surface area contributed by atoms with Crippen LogP contribution in [-0.4, -0.2) is 25.4 Å². The summed E-state index contributed by atoms with van der Waals surface area (Å²) in [5, 5.41) is 16.1. The van der Waals surface area contributed by atoms with Crippen LogP contribution in [0.25, 0.3) is 0 Å². The Balaban J connectivity index is 1.49. The van der Waals surface area contributed by atoms with Crippen molar-refractivity contribution < 1.29 is 19.4 Å². The molecule has 0 bridgehead atoms. The maximum absolute atomic E-state index is 12.1. The Hall–Kier alpha value is -3.03. The monoisotopic (exact) mass is 412 g/mol. The van der Waals surface area contributed by atoms with Crippen molar-refractivity contribution in [1.29, 1.82) is 0 Å². The summed E-state index contributed by atoms with van der Waals surface area (Å²) in [4.78, 5) is 13.9. The van der Waals surface area contributed by atoms with Crippen molar-refractivity contribution in [3.63, 3.8) is 0 Å². The smallest absolute Gasteiger partial charge is 0.315 e. The average Bonchev–Trinajstić information content (AvgIpc) is 3.25. The van der Waals surface area contributed by atoms with Gasteiger partial charge >= 0.3 is 6.03 Å². The van der Waals surface area contributed by atoms with Gasteiger partial charge in [-0.05, 0) is 35.4 Å². The first kappa shape index (κ1) is 20.7. The quantitative estimate of drug-likeness (QED) is 0.525. The second-order valence-electron chi connectivity index (χ2n) is 6.34. The van der Waals surface area contributed by atoms with Crippen LogP contribution in [0.3, 0.4) is 0 Å². The van der Waals surface area contributed by atoms with Crippen LogP contribution in [-0.2, 0) is 13.1 Å². The number of carbonyl (C=O) groups excluding carboxylic acids is 1. The number of hydrogen-bond donors (Lipinski definition) is 3. The van der Waals surface area contributed by atoms with Gasteiger partial charge in [-0.3, -0.25) is 0 Å². The summed E-state index contributed by atoms with van der Waals surface area (Å²) in [6.07, 6.45) is -0.658. The van der Waals surface area contributed by atoms with E-state index in [9.17, 15) is 9.90 Å². The number of rotatable bonds is 8. The van der Waals surface area contributed by atoms with Gasteiger partial charge in [-0.2, -0.15) is 0 Å². The number of carbonyl (C=O) groups is 1. The number of ether oxygens (including phenoxy) is 2. The molecule has 0 aliphatic rings. The van der Waals surface area contributed by atoms with Crippen LogP contribution in [0.4, 0.5) is 4.79 Å². The largest absolute Gasteiger partial charge is 0.493 e. The third kappa shape index (κ3) is 5.49. The minimum atomic E-state index is -0.658.